The average molecular weight is 441 g/mol. The van der Waals surface area contributed by atoms with E-state index in [9.17, 15) is 4.79 Å². The molecule has 0 aromatic heterocycles. The molecule has 0 atom stereocenters. The van der Waals surface area contributed by atoms with Gasteiger partial charge in [0.25, 0.3) is 0 Å². The molecule has 0 bridgehead atoms. The first kappa shape index (κ1) is 27.1. The molecule has 170 valence electrons. The van der Waals surface area contributed by atoms with E-state index < -0.39 is 0 Å². The Morgan fingerprint density at radius 3 is 2.32 bits per heavy atom. The van der Waals surface area contributed by atoms with Gasteiger partial charge in [-0.15, -0.1) is 11.8 Å². The monoisotopic (exact) mass is 440 g/mol. The summed E-state index contributed by atoms with van der Waals surface area (Å²) in [5, 5.41) is 1.96. The van der Waals surface area contributed by atoms with Crippen molar-refractivity contribution in [1.29, 1.82) is 0 Å². The van der Waals surface area contributed by atoms with E-state index in [2.05, 4.69) is 50.7 Å². The molecule has 4 heteroatoms. The molecule has 0 aromatic carbocycles. The average Bonchev–Trinajstić information content (AvgIpc) is 2.73. The predicted octanol–water partition coefficient (Wildman–Crippen LogP) is 5.84. The molecule has 0 radical (unpaired) electrons. The van der Waals surface area contributed by atoms with Crippen molar-refractivity contribution in [3.05, 3.63) is 59.6 Å². The van der Waals surface area contributed by atoms with Crippen LogP contribution in [0.3, 0.4) is 0 Å². The first-order chi connectivity index (χ1) is 14.7. The molecule has 0 spiro atoms. The van der Waals surface area contributed by atoms with E-state index in [4.69, 9.17) is 0 Å². The number of nitrogens with zero attached hydrogens (tertiary/aromatic N) is 2. The van der Waals surface area contributed by atoms with E-state index in [1.807, 2.05) is 40.9 Å². The molecule has 0 saturated carbocycles. The van der Waals surface area contributed by atoms with Crippen molar-refractivity contribution in [2.24, 2.45) is 5.92 Å². The highest BCUT2D eigenvalue weighted by Crippen LogP contribution is 2.19. The van der Waals surface area contributed by atoms with Crippen LogP contribution >= 0.6 is 11.8 Å². The number of thioether (sulfide) groups is 1. The van der Waals surface area contributed by atoms with Crippen molar-refractivity contribution in [1.82, 2.24) is 9.80 Å². The molecule has 0 N–H and O–H groups in total. The Kier molecular flexibility index (Phi) is 13.1. The van der Waals surface area contributed by atoms with Crippen LogP contribution in [0.2, 0.25) is 0 Å². The highest BCUT2D eigenvalue weighted by atomic mass is 32.2. The SMILES string of the molecule is C=C(C#CC(=C)/C=C\SC)/C=C\C=C(/C)CN(C(C)=O)C1CCN(CCC(C)C)CC1. The summed E-state index contributed by atoms with van der Waals surface area (Å²) in [6.45, 7) is 20.2. The molecule has 3 nitrogen and oxygen atoms in total. The molecule has 0 aliphatic carbocycles. The number of allylic oxidation sites excluding steroid dienone is 6. The number of piperidine rings is 1. The van der Waals surface area contributed by atoms with Gasteiger partial charge in [0.05, 0.1) is 0 Å². The van der Waals surface area contributed by atoms with E-state index in [0.29, 0.717) is 12.6 Å². The Morgan fingerprint density at radius 2 is 1.77 bits per heavy atom. The predicted molar refractivity (Wildman–Crippen MR) is 138 cm³/mol. The summed E-state index contributed by atoms with van der Waals surface area (Å²) in [7, 11) is 0. The lowest BCUT2D eigenvalue weighted by Gasteiger charge is -2.38. The summed E-state index contributed by atoms with van der Waals surface area (Å²) in [5.74, 6) is 6.90. The number of hydrogen-bond donors (Lipinski definition) is 0. The molecule has 1 rings (SSSR count). The highest BCUT2D eigenvalue weighted by Gasteiger charge is 2.26. The fourth-order valence-corrected chi connectivity index (χ4v) is 3.74. The minimum Gasteiger partial charge on any atom is -0.336 e. The van der Waals surface area contributed by atoms with Crippen LogP contribution in [0.25, 0.3) is 0 Å². The third kappa shape index (κ3) is 11.9. The van der Waals surface area contributed by atoms with Gasteiger partial charge >= 0.3 is 0 Å². The van der Waals surface area contributed by atoms with Crippen molar-refractivity contribution >= 4 is 17.7 Å². The summed E-state index contributed by atoms with van der Waals surface area (Å²) >= 11 is 1.62. The standard InChI is InChI=1S/C27H40N2OS/c1-22(2)13-17-28-18-14-27(15-19-28)29(26(6)30)21-25(5)10-8-9-23(3)11-12-24(4)16-20-31-7/h8-10,16,20,22,27H,3-4,13-15,17-19,21H2,1-2,5-7H3/b9-8-,20-16-,25-10+. The number of amides is 1. The second kappa shape index (κ2) is 14.9. The third-order valence-corrected chi connectivity index (χ3v) is 5.72. The summed E-state index contributed by atoms with van der Waals surface area (Å²) in [4.78, 5) is 16.9. The number of carbonyl (C=O) groups excluding carboxylic acids is 1. The van der Waals surface area contributed by atoms with Gasteiger partial charge in [-0.2, -0.15) is 0 Å². The molecule has 0 aromatic rings. The molecule has 31 heavy (non-hydrogen) atoms. The van der Waals surface area contributed by atoms with Crippen LogP contribution in [0.5, 0.6) is 0 Å². The van der Waals surface area contributed by atoms with Crippen LogP contribution in [-0.2, 0) is 4.79 Å². The van der Waals surface area contributed by atoms with Crippen molar-refractivity contribution in [3.8, 4) is 11.8 Å². The van der Waals surface area contributed by atoms with Crippen molar-refractivity contribution in [2.45, 2.75) is 53.0 Å². The van der Waals surface area contributed by atoms with Gasteiger partial charge < -0.3 is 9.80 Å². The fourth-order valence-electron chi connectivity index (χ4n) is 3.44. The summed E-state index contributed by atoms with van der Waals surface area (Å²) in [5.41, 5.74) is 2.66. The van der Waals surface area contributed by atoms with Crippen LogP contribution in [0.4, 0.5) is 0 Å². The lowest BCUT2D eigenvalue weighted by atomic mass is 10.0. The van der Waals surface area contributed by atoms with Crippen molar-refractivity contribution in [2.75, 3.05) is 32.4 Å². The summed E-state index contributed by atoms with van der Waals surface area (Å²) in [6.07, 6.45) is 13.1. The van der Waals surface area contributed by atoms with E-state index >= 15 is 0 Å². The van der Waals surface area contributed by atoms with Crippen LogP contribution in [-0.4, -0.2) is 54.2 Å². The Labute approximate surface area is 195 Å². The molecule has 0 unspecified atom stereocenters. The zero-order valence-corrected chi connectivity index (χ0v) is 20.9. The zero-order chi connectivity index (χ0) is 23.2. The van der Waals surface area contributed by atoms with E-state index in [-0.39, 0.29) is 5.91 Å². The van der Waals surface area contributed by atoms with Crippen LogP contribution < -0.4 is 0 Å². The zero-order valence-electron chi connectivity index (χ0n) is 20.1. The Bertz CT molecular complexity index is 756. The smallest absolute Gasteiger partial charge is 0.219 e. The quantitative estimate of drug-likeness (QED) is 0.315. The first-order valence-electron chi connectivity index (χ1n) is 11.2. The van der Waals surface area contributed by atoms with Crippen LogP contribution in [0, 0.1) is 17.8 Å². The Balaban J connectivity index is 2.58. The molecule has 1 fully saturated rings. The van der Waals surface area contributed by atoms with Gasteiger partial charge in [0.15, 0.2) is 0 Å². The minimum atomic E-state index is 0.157. The van der Waals surface area contributed by atoms with Gasteiger partial charge in [0, 0.05) is 43.7 Å². The summed E-state index contributed by atoms with van der Waals surface area (Å²) in [6, 6.07) is 0.335. The normalized spacial score (nSPS) is 16.0. The van der Waals surface area contributed by atoms with E-state index in [1.54, 1.807) is 18.7 Å². The topological polar surface area (TPSA) is 23.6 Å². The maximum atomic E-state index is 12.3. The fraction of sp³-hybridized carbons (Fsp3) is 0.519. The molecular formula is C27H40N2OS. The van der Waals surface area contributed by atoms with Gasteiger partial charge in [-0.3, -0.25) is 4.79 Å². The number of carbonyl (C=O) groups is 1. The Morgan fingerprint density at radius 1 is 1.16 bits per heavy atom. The molecule has 1 aliphatic rings. The van der Waals surface area contributed by atoms with Crippen LogP contribution in [0.15, 0.2) is 59.6 Å². The van der Waals surface area contributed by atoms with Gasteiger partial charge in [0.1, 0.15) is 0 Å². The highest BCUT2D eigenvalue weighted by molar-refractivity contribution is 8.01. The van der Waals surface area contributed by atoms with E-state index in [1.165, 1.54) is 13.0 Å². The van der Waals surface area contributed by atoms with Gasteiger partial charge in [-0.25, -0.2) is 0 Å². The van der Waals surface area contributed by atoms with E-state index in [0.717, 1.165) is 48.6 Å². The maximum Gasteiger partial charge on any atom is 0.219 e. The number of likely N-dealkylation sites (tertiary alicyclic amines) is 1. The molecule has 1 saturated heterocycles. The largest absolute Gasteiger partial charge is 0.336 e. The Hall–Kier alpha value is -1.96. The van der Waals surface area contributed by atoms with Crippen molar-refractivity contribution in [3.63, 3.8) is 0 Å². The first-order valence-corrected chi connectivity index (χ1v) is 12.4. The van der Waals surface area contributed by atoms with Gasteiger partial charge in [-0.05, 0) is 62.5 Å². The van der Waals surface area contributed by atoms with Gasteiger partial charge in [-0.1, -0.05) is 56.6 Å². The van der Waals surface area contributed by atoms with Gasteiger partial charge in [0.2, 0.25) is 5.91 Å². The summed E-state index contributed by atoms with van der Waals surface area (Å²) < 4.78 is 0. The third-order valence-electron chi connectivity index (χ3n) is 5.31. The number of rotatable bonds is 10. The minimum absolute atomic E-state index is 0.157. The molecular weight excluding hydrogens is 400 g/mol. The number of hydrogen-bond acceptors (Lipinski definition) is 3. The second-order valence-electron chi connectivity index (χ2n) is 8.61. The maximum absolute atomic E-state index is 12.3. The lowest BCUT2D eigenvalue weighted by molar-refractivity contribution is -0.131. The second-order valence-corrected chi connectivity index (χ2v) is 9.36. The van der Waals surface area contributed by atoms with Crippen LogP contribution in [0.1, 0.15) is 47.0 Å². The molecule has 1 aliphatic heterocycles. The lowest BCUT2D eigenvalue weighted by Crippen LogP contribution is -2.47. The molecule has 1 heterocycles. The van der Waals surface area contributed by atoms with Crippen molar-refractivity contribution < 1.29 is 4.79 Å². The molecule has 1 amide bonds.